The molecule has 0 saturated carbocycles. The molecule has 1 atom stereocenters. The van der Waals surface area contributed by atoms with Gasteiger partial charge in [0.15, 0.2) is 0 Å². The molecule has 1 aromatic carbocycles. The van der Waals surface area contributed by atoms with Gasteiger partial charge in [-0.05, 0) is 25.5 Å². The monoisotopic (exact) mass is 290 g/mol. The first-order valence-electron chi connectivity index (χ1n) is 5.99. The number of pyridine rings is 1. The van der Waals surface area contributed by atoms with Gasteiger partial charge in [-0.2, -0.15) is 0 Å². The number of nitrogens with zero attached hydrogens (tertiary/aromatic N) is 2. The van der Waals surface area contributed by atoms with Crippen LogP contribution in [0.4, 0.5) is 5.69 Å². The molecule has 0 spiro atoms. The summed E-state index contributed by atoms with van der Waals surface area (Å²) in [5.41, 5.74) is 3.52. The minimum atomic E-state index is 0.620. The fourth-order valence-electron chi connectivity index (χ4n) is 2.48. The van der Waals surface area contributed by atoms with Crippen LogP contribution in [-0.4, -0.2) is 22.9 Å². The average Bonchev–Trinajstić information content (AvgIpc) is 2.74. The van der Waals surface area contributed by atoms with Crippen molar-refractivity contribution in [3.63, 3.8) is 0 Å². The molecule has 88 valence electrons. The molecule has 3 rings (SSSR count). The predicted molar refractivity (Wildman–Crippen MR) is 76.0 cm³/mol. The number of anilines is 1. The van der Waals surface area contributed by atoms with Crippen LogP contribution in [0.3, 0.4) is 0 Å². The molecule has 2 heterocycles. The van der Waals surface area contributed by atoms with E-state index in [9.17, 15) is 0 Å². The van der Waals surface area contributed by atoms with Crippen LogP contribution in [0.15, 0.2) is 30.3 Å². The maximum absolute atomic E-state index is 4.59. The van der Waals surface area contributed by atoms with Crippen molar-refractivity contribution in [1.29, 1.82) is 0 Å². The predicted octanol–water partition coefficient (Wildman–Crippen LogP) is 3.52. The van der Waals surface area contributed by atoms with Crippen LogP contribution in [0.2, 0.25) is 0 Å². The number of aryl methyl sites for hydroxylation is 1. The molecule has 0 amide bonds. The number of hydrogen-bond acceptors (Lipinski definition) is 2. The standard InChI is InChI=1S/C14H15BrN2/c1-10-8-14(17-7-6-11(15)9-17)12-4-2-3-5-13(12)16-10/h2-5,8,11H,6-7,9H2,1H3. The van der Waals surface area contributed by atoms with Crippen LogP contribution < -0.4 is 4.90 Å². The molecule has 0 aliphatic carbocycles. The van der Waals surface area contributed by atoms with E-state index in [2.05, 4.69) is 63.1 Å². The number of alkyl halides is 1. The fourth-order valence-corrected chi connectivity index (χ4v) is 3.04. The smallest absolute Gasteiger partial charge is 0.0726 e. The van der Waals surface area contributed by atoms with E-state index in [1.165, 1.54) is 17.5 Å². The van der Waals surface area contributed by atoms with Gasteiger partial charge in [0, 0.05) is 34.7 Å². The van der Waals surface area contributed by atoms with Gasteiger partial charge < -0.3 is 4.90 Å². The van der Waals surface area contributed by atoms with Gasteiger partial charge in [0.25, 0.3) is 0 Å². The van der Waals surface area contributed by atoms with Crippen molar-refractivity contribution < 1.29 is 0 Å². The second-order valence-corrected chi connectivity index (χ2v) is 5.93. The quantitative estimate of drug-likeness (QED) is 0.747. The second-order valence-electron chi connectivity index (χ2n) is 4.63. The zero-order valence-corrected chi connectivity index (χ0v) is 11.4. The summed E-state index contributed by atoms with van der Waals surface area (Å²) in [6.45, 7) is 4.29. The minimum Gasteiger partial charge on any atom is -0.370 e. The van der Waals surface area contributed by atoms with Gasteiger partial charge >= 0.3 is 0 Å². The van der Waals surface area contributed by atoms with Crippen LogP contribution in [-0.2, 0) is 0 Å². The Hall–Kier alpha value is -1.09. The third kappa shape index (κ3) is 2.04. The highest BCUT2D eigenvalue weighted by molar-refractivity contribution is 9.09. The molecule has 2 nitrogen and oxygen atoms in total. The number of fused-ring (bicyclic) bond motifs is 1. The summed E-state index contributed by atoms with van der Waals surface area (Å²) < 4.78 is 0. The fraction of sp³-hybridized carbons (Fsp3) is 0.357. The van der Waals surface area contributed by atoms with Crippen LogP contribution in [0, 0.1) is 6.92 Å². The van der Waals surface area contributed by atoms with Gasteiger partial charge in [-0.3, -0.25) is 4.98 Å². The van der Waals surface area contributed by atoms with Crippen LogP contribution in [0.1, 0.15) is 12.1 Å². The highest BCUT2D eigenvalue weighted by Crippen LogP contribution is 2.30. The summed E-state index contributed by atoms with van der Waals surface area (Å²) in [4.78, 5) is 7.66. The summed E-state index contributed by atoms with van der Waals surface area (Å²) >= 11 is 3.70. The molecule has 17 heavy (non-hydrogen) atoms. The van der Waals surface area contributed by atoms with Crippen LogP contribution in [0.25, 0.3) is 10.9 Å². The maximum atomic E-state index is 4.59. The molecular weight excluding hydrogens is 276 g/mol. The third-order valence-corrected chi connectivity index (χ3v) is 4.04. The van der Waals surface area contributed by atoms with E-state index in [-0.39, 0.29) is 0 Å². The highest BCUT2D eigenvalue weighted by Gasteiger charge is 2.21. The van der Waals surface area contributed by atoms with Crippen LogP contribution >= 0.6 is 15.9 Å². The Bertz CT molecular complexity index is 553. The first-order valence-corrected chi connectivity index (χ1v) is 6.91. The lowest BCUT2D eigenvalue weighted by Crippen LogP contribution is -2.20. The summed E-state index contributed by atoms with van der Waals surface area (Å²) in [6, 6.07) is 10.6. The Kier molecular flexibility index (Phi) is 2.79. The number of hydrogen-bond donors (Lipinski definition) is 0. The normalized spacial score (nSPS) is 20.1. The summed E-state index contributed by atoms with van der Waals surface area (Å²) in [6.07, 6.45) is 1.22. The Labute approximate surface area is 110 Å². The van der Waals surface area contributed by atoms with E-state index in [1.807, 2.05) is 0 Å². The molecule has 0 bridgehead atoms. The molecule has 1 fully saturated rings. The van der Waals surface area contributed by atoms with Gasteiger partial charge in [-0.25, -0.2) is 0 Å². The van der Waals surface area contributed by atoms with Crippen molar-refractivity contribution in [2.24, 2.45) is 0 Å². The van der Waals surface area contributed by atoms with Gasteiger partial charge in [0.2, 0.25) is 0 Å². The van der Waals surface area contributed by atoms with Gasteiger partial charge in [0.05, 0.1) is 5.52 Å². The zero-order valence-electron chi connectivity index (χ0n) is 9.86. The van der Waals surface area contributed by atoms with Crippen molar-refractivity contribution in [3.05, 3.63) is 36.0 Å². The Morgan fingerprint density at radius 3 is 2.94 bits per heavy atom. The SMILES string of the molecule is Cc1cc(N2CCC(Br)C2)c2ccccc2n1. The Balaban J connectivity index is 2.14. The maximum Gasteiger partial charge on any atom is 0.0726 e. The van der Waals surface area contributed by atoms with E-state index >= 15 is 0 Å². The van der Waals surface area contributed by atoms with Crippen molar-refractivity contribution in [1.82, 2.24) is 4.98 Å². The average molecular weight is 291 g/mol. The first-order chi connectivity index (χ1) is 8.24. The lowest BCUT2D eigenvalue weighted by Gasteiger charge is -2.20. The number of benzene rings is 1. The van der Waals surface area contributed by atoms with Crippen molar-refractivity contribution in [2.45, 2.75) is 18.2 Å². The van der Waals surface area contributed by atoms with E-state index in [4.69, 9.17) is 0 Å². The number of rotatable bonds is 1. The highest BCUT2D eigenvalue weighted by atomic mass is 79.9. The van der Waals surface area contributed by atoms with Gasteiger partial charge in [0.1, 0.15) is 0 Å². The van der Waals surface area contributed by atoms with E-state index in [0.29, 0.717) is 4.83 Å². The van der Waals surface area contributed by atoms with Gasteiger partial charge in [-0.15, -0.1) is 0 Å². The zero-order chi connectivity index (χ0) is 11.8. The van der Waals surface area contributed by atoms with Crippen molar-refractivity contribution in [3.8, 4) is 0 Å². The molecule has 0 N–H and O–H groups in total. The van der Waals surface area contributed by atoms with Gasteiger partial charge in [-0.1, -0.05) is 34.1 Å². The third-order valence-electron chi connectivity index (χ3n) is 3.29. The molecule has 3 heteroatoms. The Morgan fingerprint density at radius 1 is 1.35 bits per heavy atom. The topological polar surface area (TPSA) is 16.1 Å². The van der Waals surface area contributed by atoms with E-state index in [0.717, 1.165) is 24.3 Å². The molecule has 1 aliphatic heterocycles. The molecule has 0 radical (unpaired) electrons. The summed E-state index contributed by atoms with van der Waals surface area (Å²) in [7, 11) is 0. The molecule has 2 aromatic rings. The molecule has 1 unspecified atom stereocenters. The lowest BCUT2D eigenvalue weighted by molar-refractivity contribution is 0.968. The number of para-hydroxylation sites is 1. The molecule has 1 aliphatic rings. The van der Waals surface area contributed by atoms with E-state index in [1.54, 1.807) is 0 Å². The lowest BCUT2D eigenvalue weighted by atomic mass is 10.1. The largest absolute Gasteiger partial charge is 0.370 e. The summed E-state index contributed by atoms with van der Waals surface area (Å²) in [5.74, 6) is 0. The van der Waals surface area contributed by atoms with Crippen LogP contribution in [0.5, 0.6) is 0 Å². The Morgan fingerprint density at radius 2 is 2.18 bits per heavy atom. The molecular formula is C14H15BrN2. The summed E-state index contributed by atoms with van der Waals surface area (Å²) in [5, 5.41) is 1.26. The van der Waals surface area contributed by atoms with Crippen molar-refractivity contribution >= 4 is 32.5 Å². The van der Waals surface area contributed by atoms with Crippen molar-refractivity contribution in [2.75, 3.05) is 18.0 Å². The first kappa shape index (κ1) is 11.0. The van der Waals surface area contributed by atoms with E-state index < -0.39 is 0 Å². The second kappa shape index (κ2) is 4.30. The minimum absolute atomic E-state index is 0.620. The molecule has 1 saturated heterocycles. The number of aromatic nitrogens is 1. The number of halogens is 1. The molecule has 1 aromatic heterocycles.